The van der Waals surface area contributed by atoms with Gasteiger partial charge in [0.15, 0.2) is 0 Å². The maximum absolute atomic E-state index is 13.4. The van der Waals surface area contributed by atoms with E-state index in [4.69, 9.17) is 15.3 Å². The number of hydrazine groups is 1. The van der Waals surface area contributed by atoms with Gasteiger partial charge in [-0.1, -0.05) is 31.2 Å². The Morgan fingerprint density at radius 2 is 2.04 bits per heavy atom. The Labute approximate surface area is 156 Å². The fourth-order valence-electron chi connectivity index (χ4n) is 2.87. The molecule has 1 aromatic heterocycles. The van der Waals surface area contributed by atoms with Crippen LogP contribution in [0.5, 0.6) is 5.88 Å². The van der Waals surface area contributed by atoms with E-state index >= 15 is 0 Å². The summed E-state index contributed by atoms with van der Waals surface area (Å²) < 4.78 is 12.3. The van der Waals surface area contributed by atoms with E-state index < -0.39 is 11.5 Å². The minimum absolute atomic E-state index is 0.0521. The van der Waals surface area contributed by atoms with Gasteiger partial charge in [0.1, 0.15) is 11.7 Å². The highest BCUT2D eigenvalue weighted by atomic mass is 16.5. The van der Waals surface area contributed by atoms with Crippen molar-refractivity contribution in [2.45, 2.75) is 26.9 Å². The van der Waals surface area contributed by atoms with Crippen LogP contribution in [0.1, 0.15) is 26.3 Å². The number of hydrogen-bond donors (Lipinski definition) is 2. The third-order valence-electron chi connectivity index (χ3n) is 4.43. The number of aromatic nitrogens is 2. The second-order valence-electron chi connectivity index (χ2n) is 6.22. The molecule has 27 heavy (non-hydrogen) atoms. The summed E-state index contributed by atoms with van der Waals surface area (Å²) in [6.45, 7) is 5.65. The van der Waals surface area contributed by atoms with Gasteiger partial charge < -0.3 is 9.47 Å². The number of fused-ring (bicyclic) bond motifs is 1. The standard InChI is InChI=1S/C19H22N4O4/c1-4-26-18(25)14-10-11(2)12(3)27-16-15(14)17(24)23(19(21-16)22-20)13-8-6-5-7-9-13/h5-12H,4,20H2,1-3H3,(H,21,22). The summed E-state index contributed by atoms with van der Waals surface area (Å²) in [6.07, 6.45) is 1.41. The van der Waals surface area contributed by atoms with Crippen LogP contribution >= 0.6 is 0 Å². The topological polar surface area (TPSA) is 108 Å². The first-order valence-corrected chi connectivity index (χ1v) is 8.73. The summed E-state index contributed by atoms with van der Waals surface area (Å²) >= 11 is 0. The quantitative estimate of drug-likeness (QED) is 0.480. The van der Waals surface area contributed by atoms with E-state index in [2.05, 4.69) is 10.4 Å². The van der Waals surface area contributed by atoms with Gasteiger partial charge >= 0.3 is 5.97 Å². The molecule has 2 atom stereocenters. The van der Waals surface area contributed by atoms with E-state index in [-0.39, 0.29) is 41.6 Å². The lowest BCUT2D eigenvalue weighted by atomic mass is 10.0. The molecule has 0 amide bonds. The molecule has 8 nitrogen and oxygen atoms in total. The number of hydrogen-bond acceptors (Lipinski definition) is 7. The van der Waals surface area contributed by atoms with Crippen molar-refractivity contribution >= 4 is 17.5 Å². The second kappa shape index (κ2) is 7.63. The predicted molar refractivity (Wildman–Crippen MR) is 102 cm³/mol. The van der Waals surface area contributed by atoms with Gasteiger partial charge in [0, 0.05) is 5.92 Å². The number of ether oxygens (including phenoxy) is 2. The normalized spacial score (nSPS) is 18.6. The summed E-state index contributed by atoms with van der Waals surface area (Å²) in [5.41, 5.74) is 2.73. The van der Waals surface area contributed by atoms with Crippen molar-refractivity contribution < 1.29 is 14.3 Å². The smallest absolute Gasteiger partial charge is 0.338 e. The third kappa shape index (κ3) is 3.43. The zero-order chi connectivity index (χ0) is 19.6. The number of anilines is 1. The molecular formula is C19H22N4O4. The van der Waals surface area contributed by atoms with E-state index in [9.17, 15) is 9.59 Å². The number of nitrogens with one attached hydrogen (secondary N) is 1. The van der Waals surface area contributed by atoms with Gasteiger partial charge in [0.25, 0.3) is 5.56 Å². The molecule has 0 aliphatic carbocycles. The maximum Gasteiger partial charge on any atom is 0.338 e. The second-order valence-corrected chi connectivity index (χ2v) is 6.22. The Morgan fingerprint density at radius 1 is 1.33 bits per heavy atom. The molecule has 1 aliphatic rings. The molecule has 0 spiro atoms. The molecule has 142 valence electrons. The van der Waals surface area contributed by atoms with Crippen LogP contribution in [-0.4, -0.2) is 28.2 Å². The predicted octanol–water partition coefficient (Wildman–Crippen LogP) is 1.88. The van der Waals surface area contributed by atoms with Crippen LogP contribution in [0.15, 0.2) is 41.2 Å². The number of esters is 1. The molecule has 0 saturated heterocycles. The average molecular weight is 370 g/mol. The number of benzene rings is 1. The molecule has 2 heterocycles. The van der Waals surface area contributed by atoms with Gasteiger partial charge in [-0.3, -0.25) is 10.2 Å². The Kier molecular flexibility index (Phi) is 5.27. The Morgan fingerprint density at radius 3 is 2.67 bits per heavy atom. The van der Waals surface area contributed by atoms with Gasteiger partial charge in [-0.15, -0.1) is 0 Å². The highest BCUT2D eigenvalue weighted by Crippen LogP contribution is 2.31. The minimum atomic E-state index is -0.588. The molecule has 2 unspecified atom stereocenters. The summed E-state index contributed by atoms with van der Waals surface area (Å²) in [7, 11) is 0. The molecule has 2 aromatic rings. The van der Waals surface area contributed by atoms with Crippen molar-refractivity contribution in [1.29, 1.82) is 0 Å². The average Bonchev–Trinajstić information content (AvgIpc) is 2.79. The van der Waals surface area contributed by atoms with Gasteiger partial charge in [-0.05, 0) is 26.0 Å². The van der Waals surface area contributed by atoms with E-state index in [1.165, 1.54) is 4.57 Å². The fraction of sp³-hybridized carbons (Fsp3) is 0.316. The highest BCUT2D eigenvalue weighted by Gasteiger charge is 2.31. The summed E-state index contributed by atoms with van der Waals surface area (Å²) in [5, 5.41) is 0. The maximum atomic E-state index is 13.4. The van der Waals surface area contributed by atoms with Gasteiger partial charge in [-0.25, -0.2) is 15.2 Å². The molecule has 0 fully saturated rings. The Balaban J connectivity index is 2.32. The lowest BCUT2D eigenvalue weighted by Gasteiger charge is -2.18. The SMILES string of the molecule is CCOC(=O)C1=CC(C)C(C)Oc2nc(NN)n(-c3ccccc3)c(=O)c21. The summed E-state index contributed by atoms with van der Waals surface area (Å²) in [4.78, 5) is 30.3. The lowest BCUT2D eigenvalue weighted by molar-refractivity contribution is -0.136. The molecule has 3 N–H and O–H groups in total. The monoisotopic (exact) mass is 370 g/mol. The third-order valence-corrected chi connectivity index (χ3v) is 4.43. The number of para-hydroxylation sites is 1. The zero-order valence-electron chi connectivity index (χ0n) is 15.4. The lowest BCUT2D eigenvalue weighted by Crippen LogP contribution is -2.30. The molecule has 1 aromatic carbocycles. The van der Waals surface area contributed by atoms with Crippen LogP contribution in [0.25, 0.3) is 11.3 Å². The molecule has 0 saturated carbocycles. The van der Waals surface area contributed by atoms with E-state index in [0.29, 0.717) is 5.69 Å². The van der Waals surface area contributed by atoms with E-state index in [0.717, 1.165) is 0 Å². The minimum Gasteiger partial charge on any atom is -0.473 e. The zero-order valence-corrected chi connectivity index (χ0v) is 15.4. The van der Waals surface area contributed by atoms with Crippen LogP contribution in [0, 0.1) is 5.92 Å². The van der Waals surface area contributed by atoms with Crippen molar-refractivity contribution in [3.8, 4) is 11.6 Å². The van der Waals surface area contributed by atoms with Crippen molar-refractivity contribution in [3.05, 3.63) is 52.3 Å². The number of carbonyl (C=O) groups is 1. The fourth-order valence-corrected chi connectivity index (χ4v) is 2.87. The first-order chi connectivity index (χ1) is 13.0. The summed E-state index contributed by atoms with van der Waals surface area (Å²) in [6, 6.07) is 8.89. The Hall–Kier alpha value is -3.13. The Bertz CT molecular complexity index is 937. The van der Waals surface area contributed by atoms with Crippen LogP contribution < -0.4 is 21.6 Å². The molecular weight excluding hydrogens is 348 g/mol. The summed E-state index contributed by atoms with van der Waals surface area (Å²) in [5.74, 6) is 5.04. The molecule has 0 bridgehead atoms. The highest BCUT2D eigenvalue weighted by molar-refractivity contribution is 6.17. The van der Waals surface area contributed by atoms with E-state index in [1.807, 2.05) is 19.9 Å². The first-order valence-electron chi connectivity index (χ1n) is 8.73. The largest absolute Gasteiger partial charge is 0.473 e. The van der Waals surface area contributed by atoms with Gasteiger partial charge in [0.2, 0.25) is 11.8 Å². The number of nitrogen functional groups attached to an aromatic ring is 1. The van der Waals surface area contributed by atoms with E-state index in [1.54, 1.807) is 37.3 Å². The molecule has 1 aliphatic heterocycles. The van der Waals surface area contributed by atoms with Crippen molar-refractivity contribution in [1.82, 2.24) is 9.55 Å². The van der Waals surface area contributed by atoms with Crippen molar-refractivity contribution in [2.24, 2.45) is 11.8 Å². The van der Waals surface area contributed by atoms with Crippen LogP contribution in [-0.2, 0) is 9.53 Å². The number of nitrogens with two attached hydrogens (primary N) is 1. The molecule has 3 rings (SSSR count). The van der Waals surface area contributed by atoms with Crippen molar-refractivity contribution in [3.63, 3.8) is 0 Å². The molecule has 0 radical (unpaired) electrons. The first kappa shape index (κ1) is 18.7. The van der Waals surface area contributed by atoms with Gasteiger partial charge in [0.05, 0.1) is 17.9 Å². The van der Waals surface area contributed by atoms with Crippen LogP contribution in [0.2, 0.25) is 0 Å². The van der Waals surface area contributed by atoms with Crippen LogP contribution in [0.4, 0.5) is 5.95 Å². The number of carbonyl (C=O) groups excluding carboxylic acids is 1. The number of rotatable bonds is 4. The van der Waals surface area contributed by atoms with Crippen molar-refractivity contribution in [2.75, 3.05) is 12.0 Å². The molecule has 8 heteroatoms. The van der Waals surface area contributed by atoms with Gasteiger partial charge in [-0.2, -0.15) is 4.98 Å². The van der Waals surface area contributed by atoms with Crippen LogP contribution in [0.3, 0.4) is 0 Å². The number of nitrogens with zero attached hydrogens (tertiary/aromatic N) is 2.